The molecule has 0 aromatic rings. The highest BCUT2D eigenvalue weighted by molar-refractivity contribution is 5.94. The van der Waals surface area contributed by atoms with E-state index >= 15 is 0 Å². The maximum absolute atomic E-state index is 11.4. The molecule has 0 aromatic heterocycles. The molecule has 0 N–H and O–H groups in total. The van der Waals surface area contributed by atoms with Crippen LogP contribution in [0.2, 0.25) is 0 Å². The van der Waals surface area contributed by atoms with Crippen molar-refractivity contribution in [1.82, 2.24) is 0 Å². The number of carbonyl (C=O) groups is 2. The molecule has 4 heteroatoms. The first-order valence-corrected chi connectivity index (χ1v) is 5.96. The van der Waals surface area contributed by atoms with E-state index in [1.807, 2.05) is 0 Å². The molecular weight excluding hydrogens is 208 g/mol. The van der Waals surface area contributed by atoms with E-state index < -0.39 is 17.9 Å². The number of rotatable bonds is 8. The van der Waals surface area contributed by atoms with Crippen LogP contribution in [0.3, 0.4) is 0 Å². The fourth-order valence-electron chi connectivity index (χ4n) is 1.19. The Morgan fingerprint density at radius 1 is 1.00 bits per heavy atom. The van der Waals surface area contributed by atoms with Gasteiger partial charge in [-0.25, -0.2) is 0 Å². The first-order valence-electron chi connectivity index (χ1n) is 5.96. The van der Waals surface area contributed by atoms with E-state index in [9.17, 15) is 9.59 Å². The minimum atomic E-state index is -0.814. The van der Waals surface area contributed by atoms with Crippen LogP contribution >= 0.6 is 0 Å². The van der Waals surface area contributed by atoms with Gasteiger partial charge in [-0.1, -0.05) is 26.2 Å². The first-order chi connectivity index (χ1) is 7.63. The van der Waals surface area contributed by atoms with Crippen LogP contribution in [-0.2, 0) is 19.1 Å². The van der Waals surface area contributed by atoms with Gasteiger partial charge in [0, 0.05) is 0 Å². The molecule has 0 saturated carbocycles. The maximum Gasteiger partial charge on any atom is 0.320 e. The molecule has 0 radical (unpaired) electrons. The molecule has 0 heterocycles. The van der Waals surface area contributed by atoms with Crippen molar-refractivity contribution in [2.24, 2.45) is 5.92 Å². The average Bonchev–Trinajstić information content (AvgIpc) is 2.27. The van der Waals surface area contributed by atoms with E-state index in [1.165, 1.54) is 6.92 Å². The van der Waals surface area contributed by atoms with Crippen LogP contribution in [0.5, 0.6) is 0 Å². The Morgan fingerprint density at radius 3 is 2.19 bits per heavy atom. The van der Waals surface area contributed by atoms with Gasteiger partial charge < -0.3 is 9.47 Å². The van der Waals surface area contributed by atoms with Crippen LogP contribution < -0.4 is 0 Å². The Kier molecular flexibility index (Phi) is 8.58. The molecule has 1 unspecified atom stereocenters. The van der Waals surface area contributed by atoms with Gasteiger partial charge in [-0.15, -0.1) is 0 Å². The van der Waals surface area contributed by atoms with Gasteiger partial charge in [-0.2, -0.15) is 0 Å². The molecule has 0 saturated heterocycles. The fourth-order valence-corrected chi connectivity index (χ4v) is 1.19. The average molecular weight is 230 g/mol. The fraction of sp³-hybridized carbons (Fsp3) is 0.833. The van der Waals surface area contributed by atoms with Gasteiger partial charge in [-0.3, -0.25) is 9.59 Å². The highest BCUT2D eigenvalue weighted by Crippen LogP contribution is 2.04. The van der Waals surface area contributed by atoms with E-state index in [-0.39, 0.29) is 6.61 Å². The van der Waals surface area contributed by atoms with Crippen molar-refractivity contribution >= 4 is 11.9 Å². The summed E-state index contributed by atoms with van der Waals surface area (Å²) in [6.07, 6.45) is 4.20. The van der Waals surface area contributed by atoms with Gasteiger partial charge in [0.2, 0.25) is 0 Å². The van der Waals surface area contributed by atoms with Crippen LogP contribution in [-0.4, -0.2) is 25.2 Å². The Morgan fingerprint density at radius 2 is 1.62 bits per heavy atom. The number of carbonyl (C=O) groups excluding carboxylic acids is 2. The predicted octanol–water partition coefficient (Wildman–Crippen LogP) is 2.31. The minimum absolute atomic E-state index is 0.285. The molecule has 16 heavy (non-hydrogen) atoms. The summed E-state index contributed by atoms with van der Waals surface area (Å²) in [6.45, 7) is 6.01. The van der Waals surface area contributed by atoms with Gasteiger partial charge in [0.25, 0.3) is 0 Å². The summed E-state index contributed by atoms with van der Waals surface area (Å²) in [5.74, 6) is -1.82. The second kappa shape index (κ2) is 9.19. The second-order valence-corrected chi connectivity index (χ2v) is 3.70. The zero-order valence-electron chi connectivity index (χ0n) is 10.5. The molecule has 4 nitrogen and oxygen atoms in total. The number of unbranched alkanes of at least 4 members (excludes halogenated alkanes) is 3. The van der Waals surface area contributed by atoms with Crippen molar-refractivity contribution in [2.75, 3.05) is 13.2 Å². The predicted molar refractivity (Wildman–Crippen MR) is 60.9 cm³/mol. The number of esters is 2. The second-order valence-electron chi connectivity index (χ2n) is 3.70. The molecule has 0 aliphatic rings. The van der Waals surface area contributed by atoms with E-state index in [1.54, 1.807) is 6.92 Å². The normalized spacial score (nSPS) is 11.9. The van der Waals surface area contributed by atoms with Crippen molar-refractivity contribution in [3.05, 3.63) is 0 Å². The third-order valence-corrected chi connectivity index (χ3v) is 2.24. The van der Waals surface area contributed by atoms with Gasteiger partial charge in [0.15, 0.2) is 5.92 Å². The Labute approximate surface area is 97.3 Å². The van der Waals surface area contributed by atoms with Gasteiger partial charge in [-0.05, 0) is 20.3 Å². The van der Waals surface area contributed by atoms with E-state index in [2.05, 4.69) is 6.92 Å². The lowest BCUT2D eigenvalue weighted by Gasteiger charge is -2.10. The summed E-state index contributed by atoms with van der Waals surface area (Å²) < 4.78 is 9.71. The Hall–Kier alpha value is -1.06. The largest absolute Gasteiger partial charge is 0.465 e. The van der Waals surface area contributed by atoms with Crippen LogP contribution in [0, 0.1) is 5.92 Å². The SMILES string of the molecule is CCCCCCOC(=O)C(C)C(=O)OCC. The molecule has 0 spiro atoms. The number of hydrogen-bond donors (Lipinski definition) is 0. The van der Waals surface area contributed by atoms with Crippen LogP contribution in [0.1, 0.15) is 46.5 Å². The quantitative estimate of drug-likeness (QED) is 0.365. The molecule has 0 aliphatic carbocycles. The summed E-state index contributed by atoms with van der Waals surface area (Å²) in [5.41, 5.74) is 0. The van der Waals surface area contributed by atoms with Crippen LogP contribution in [0.4, 0.5) is 0 Å². The summed E-state index contributed by atoms with van der Waals surface area (Å²) in [6, 6.07) is 0. The molecule has 1 atom stereocenters. The molecule has 0 aromatic carbocycles. The molecule has 0 rings (SSSR count). The van der Waals surface area contributed by atoms with Gasteiger partial charge in [0.1, 0.15) is 0 Å². The smallest absolute Gasteiger partial charge is 0.320 e. The summed E-state index contributed by atoms with van der Waals surface area (Å²) >= 11 is 0. The zero-order chi connectivity index (χ0) is 12.4. The van der Waals surface area contributed by atoms with E-state index in [0.29, 0.717) is 6.61 Å². The lowest BCUT2D eigenvalue weighted by atomic mass is 10.2. The highest BCUT2D eigenvalue weighted by Gasteiger charge is 2.23. The lowest BCUT2D eigenvalue weighted by Crippen LogP contribution is -2.25. The molecule has 94 valence electrons. The van der Waals surface area contributed by atoms with Crippen LogP contribution in [0.15, 0.2) is 0 Å². The summed E-state index contributed by atoms with van der Waals surface area (Å²) in [7, 11) is 0. The third kappa shape index (κ3) is 6.43. The topological polar surface area (TPSA) is 52.6 Å². The van der Waals surface area contributed by atoms with Crippen molar-refractivity contribution in [1.29, 1.82) is 0 Å². The van der Waals surface area contributed by atoms with Crippen molar-refractivity contribution < 1.29 is 19.1 Å². The lowest BCUT2D eigenvalue weighted by molar-refractivity contribution is -0.160. The van der Waals surface area contributed by atoms with Gasteiger partial charge in [0.05, 0.1) is 13.2 Å². The highest BCUT2D eigenvalue weighted by atomic mass is 16.6. The van der Waals surface area contributed by atoms with Crippen molar-refractivity contribution in [2.45, 2.75) is 46.5 Å². The van der Waals surface area contributed by atoms with Gasteiger partial charge >= 0.3 is 11.9 Å². The molecule has 0 amide bonds. The monoisotopic (exact) mass is 230 g/mol. The van der Waals surface area contributed by atoms with E-state index in [4.69, 9.17) is 9.47 Å². The van der Waals surface area contributed by atoms with E-state index in [0.717, 1.165) is 25.7 Å². The molecule has 0 bridgehead atoms. The number of ether oxygens (including phenoxy) is 2. The first kappa shape index (κ1) is 14.9. The maximum atomic E-state index is 11.4. The summed E-state index contributed by atoms with van der Waals surface area (Å²) in [5, 5.41) is 0. The molecular formula is C12H22O4. The Balaban J connectivity index is 3.67. The van der Waals surface area contributed by atoms with Crippen LogP contribution in [0.25, 0.3) is 0 Å². The Bertz CT molecular complexity index is 213. The van der Waals surface area contributed by atoms with Crippen molar-refractivity contribution in [3.8, 4) is 0 Å². The third-order valence-electron chi connectivity index (χ3n) is 2.24. The molecule has 0 fully saturated rings. The zero-order valence-corrected chi connectivity index (χ0v) is 10.5. The summed E-state index contributed by atoms with van der Waals surface area (Å²) in [4.78, 5) is 22.6. The number of hydrogen-bond acceptors (Lipinski definition) is 4. The standard InChI is InChI=1S/C12H22O4/c1-4-6-7-8-9-16-12(14)10(3)11(13)15-5-2/h10H,4-9H2,1-3H3. The van der Waals surface area contributed by atoms with Crippen molar-refractivity contribution in [3.63, 3.8) is 0 Å². The minimum Gasteiger partial charge on any atom is -0.465 e. The molecule has 0 aliphatic heterocycles.